The number of aromatic nitrogens is 2. The van der Waals surface area contributed by atoms with E-state index in [1.165, 1.54) is 0 Å². The molecule has 0 atom stereocenters. The summed E-state index contributed by atoms with van der Waals surface area (Å²) in [5.41, 5.74) is 1.95. The van der Waals surface area contributed by atoms with Crippen LogP contribution < -0.4 is 4.74 Å². The van der Waals surface area contributed by atoms with E-state index < -0.39 is 0 Å². The Bertz CT molecular complexity index is 806. The molecule has 3 rings (SSSR count). The summed E-state index contributed by atoms with van der Waals surface area (Å²) in [6.45, 7) is 1.07. The number of imidazole rings is 1. The van der Waals surface area contributed by atoms with Crippen molar-refractivity contribution in [3.63, 3.8) is 0 Å². The van der Waals surface area contributed by atoms with Gasteiger partial charge in [0.1, 0.15) is 12.4 Å². The Balaban J connectivity index is 1.79. The molecule has 0 bridgehead atoms. The van der Waals surface area contributed by atoms with Crippen molar-refractivity contribution in [2.45, 2.75) is 13.2 Å². The molecule has 0 saturated heterocycles. The minimum Gasteiger partial charge on any atom is -0.488 e. The molecule has 0 spiro atoms. The normalized spacial score (nSPS) is 10.7. The fourth-order valence-electron chi connectivity index (χ4n) is 2.18. The number of hydrogen-bond donors (Lipinski definition) is 0. The summed E-state index contributed by atoms with van der Waals surface area (Å²) >= 11 is 15.6. The van der Waals surface area contributed by atoms with Gasteiger partial charge in [-0.3, -0.25) is 0 Å². The lowest BCUT2D eigenvalue weighted by Gasteiger charge is -2.13. The molecule has 0 radical (unpaired) electrons. The fourth-order valence-corrected chi connectivity index (χ4v) is 3.06. The molecule has 6 heteroatoms. The van der Waals surface area contributed by atoms with E-state index in [-0.39, 0.29) is 0 Å². The molecular formula is C17H13BrCl2N2O. The predicted molar refractivity (Wildman–Crippen MR) is 96.3 cm³/mol. The molecule has 0 unspecified atom stereocenters. The average molecular weight is 412 g/mol. The van der Waals surface area contributed by atoms with Crippen molar-refractivity contribution in [1.82, 2.24) is 9.55 Å². The van der Waals surface area contributed by atoms with Crippen molar-refractivity contribution in [3.05, 3.63) is 80.8 Å². The quantitative estimate of drug-likeness (QED) is 0.547. The van der Waals surface area contributed by atoms with Gasteiger partial charge >= 0.3 is 0 Å². The van der Waals surface area contributed by atoms with Crippen LogP contribution in [0.15, 0.2) is 59.6 Å². The van der Waals surface area contributed by atoms with Crippen molar-refractivity contribution in [1.29, 1.82) is 0 Å². The standard InChI is InChI=1S/C17H13BrCl2N2O/c18-14-2-4-17(13(7-14)9-22-6-5-21-11-22)23-10-12-1-3-15(19)8-16(12)20/h1-8,11H,9-10H2. The molecular weight excluding hydrogens is 399 g/mol. The molecule has 0 saturated carbocycles. The summed E-state index contributed by atoms with van der Waals surface area (Å²) < 4.78 is 8.96. The molecule has 0 aliphatic rings. The molecule has 0 fully saturated rings. The third-order valence-electron chi connectivity index (χ3n) is 3.33. The highest BCUT2D eigenvalue weighted by molar-refractivity contribution is 9.10. The zero-order valence-corrected chi connectivity index (χ0v) is 15.1. The topological polar surface area (TPSA) is 27.1 Å². The summed E-state index contributed by atoms with van der Waals surface area (Å²) in [6, 6.07) is 11.3. The Hall–Kier alpha value is -1.49. The number of benzene rings is 2. The minimum absolute atomic E-state index is 0.383. The van der Waals surface area contributed by atoms with E-state index >= 15 is 0 Å². The highest BCUT2D eigenvalue weighted by atomic mass is 79.9. The van der Waals surface area contributed by atoms with Gasteiger partial charge in [-0.25, -0.2) is 4.98 Å². The van der Waals surface area contributed by atoms with Crippen LogP contribution >= 0.6 is 39.1 Å². The van der Waals surface area contributed by atoms with Crippen molar-refractivity contribution in [2.75, 3.05) is 0 Å². The lowest BCUT2D eigenvalue weighted by atomic mass is 10.2. The highest BCUT2D eigenvalue weighted by Crippen LogP contribution is 2.27. The van der Waals surface area contributed by atoms with Crippen LogP contribution in [0.2, 0.25) is 10.0 Å². The van der Waals surface area contributed by atoms with E-state index in [2.05, 4.69) is 20.9 Å². The molecule has 0 amide bonds. The van der Waals surface area contributed by atoms with Crippen LogP contribution in [0.25, 0.3) is 0 Å². The predicted octanol–water partition coefficient (Wildman–Crippen LogP) is 5.58. The lowest BCUT2D eigenvalue weighted by Crippen LogP contribution is -2.03. The Labute approximate surface area is 153 Å². The molecule has 3 nitrogen and oxygen atoms in total. The molecule has 3 aromatic rings. The van der Waals surface area contributed by atoms with Crippen molar-refractivity contribution in [3.8, 4) is 5.75 Å². The number of hydrogen-bond acceptors (Lipinski definition) is 2. The van der Waals surface area contributed by atoms with Gasteiger partial charge in [-0.05, 0) is 30.3 Å². The maximum Gasteiger partial charge on any atom is 0.124 e. The number of rotatable bonds is 5. The Morgan fingerprint density at radius 1 is 1.09 bits per heavy atom. The van der Waals surface area contributed by atoms with Crippen molar-refractivity contribution in [2.24, 2.45) is 0 Å². The molecule has 0 aliphatic heterocycles. The first-order valence-electron chi connectivity index (χ1n) is 6.93. The first kappa shape index (κ1) is 16.4. The summed E-state index contributed by atoms with van der Waals surface area (Å²) in [5.74, 6) is 0.813. The summed E-state index contributed by atoms with van der Waals surface area (Å²) in [5, 5.41) is 1.22. The van der Waals surface area contributed by atoms with Crippen LogP contribution in [0, 0.1) is 0 Å². The Morgan fingerprint density at radius 2 is 1.96 bits per heavy atom. The number of ether oxygens (including phenoxy) is 1. The van der Waals surface area contributed by atoms with E-state index in [1.54, 1.807) is 24.7 Å². The van der Waals surface area contributed by atoms with Crippen LogP contribution in [-0.4, -0.2) is 9.55 Å². The molecule has 1 heterocycles. The second-order valence-corrected chi connectivity index (χ2v) is 6.77. The van der Waals surface area contributed by atoms with Gasteiger partial charge in [-0.1, -0.05) is 45.2 Å². The van der Waals surface area contributed by atoms with E-state index in [0.717, 1.165) is 21.3 Å². The first-order valence-corrected chi connectivity index (χ1v) is 8.47. The Morgan fingerprint density at radius 3 is 2.70 bits per heavy atom. The van der Waals surface area contributed by atoms with Crippen LogP contribution in [0.1, 0.15) is 11.1 Å². The fraction of sp³-hybridized carbons (Fsp3) is 0.118. The maximum atomic E-state index is 6.19. The number of nitrogens with zero attached hydrogens (tertiary/aromatic N) is 2. The van der Waals surface area contributed by atoms with Gasteiger partial charge < -0.3 is 9.30 Å². The van der Waals surface area contributed by atoms with Gasteiger partial charge in [0.05, 0.1) is 12.9 Å². The van der Waals surface area contributed by atoms with Crippen molar-refractivity contribution < 1.29 is 4.74 Å². The molecule has 118 valence electrons. The zero-order valence-electron chi connectivity index (χ0n) is 12.0. The van der Waals surface area contributed by atoms with Crippen LogP contribution in [-0.2, 0) is 13.2 Å². The highest BCUT2D eigenvalue weighted by Gasteiger charge is 2.08. The second kappa shape index (κ2) is 7.39. The van der Waals surface area contributed by atoms with Gasteiger partial charge in [0.2, 0.25) is 0 Å². The third kappa shape index (κ3) is 4.28. The first-order chi connectivity index (χ1) is 11.1. The van der Waals surface area contributed by atoms with Gasteiger partial charge in [0, 0.05) is 38.0 Å². The lowest BCUT2D eigenvalue weighted by molar-refractivity contribution is 0.302. The third-order valence-corrected chi connectivity index (χ3v) is 4.41. The summed E-state index contributed by atoms with van der Waals surface area (Å²) in [6.07, 6.45) is 5.45. The second-order valence-electron chi connectivity index (χ2n) is 5.01. The summed E-state index contributed by atoms with van der Waals surface area (Å²) in [4.78, 5) is 4.06. The molecule has 23 heavy (non-hydrogen) atoms. The molecule has 0 aliphatic carbocycles. The van der Waals surface area contributed by atoms with Gasteiger partial charge in [0.25, 0.3) is 0 Å². The molecule has 0 N–H and O–H groups in total. The summed E-state index contributed by atoms with van der Waals surface area (Å²) in [7, 11) is 0. The Kier molecular flexibility index (Phi) is 5.26. The maximum absolute atomic E-state index is 6.19. The minimum atomic E-state index is 0.383. The van der Waals surface area contributed by atoms with Crippen LogP contribution in [0.4, 0.5) is 0 Å². The van der Waals surface area contributed by atoms with Gasteiger partial charge in [0.15, 0.2) is 0 Å². The van der Waals surface area contributed by atoms with E-state index in [1.807, 2.05) is 35.0 Å². The zero-order chi connectivity index (χ0) is 16.2. The van der Waals surface area contributed by atoms with E-state index in [4.69, 9.17) is 27.9 Å². The molecule has 1 aromatic heterocycles. The number of halogens is 3. The van der Waals surface area contributed by atoms with Gasteiger partial charge in [-0.2, -0.15) is 0 Å². The molecule has 2 aromatic carbocycles. The average Bonchev–Trinajstić information content (AvgIpc) is 3.01. The van der Waals surface area contributed by atoms with E-state index in [0.29, 0.717) is 23.2 Å². The smallest absolute Gasteiger partial charge is 0.124 e. The SMILES string of the molecule is Clc1ccc(COc2ccc(Br)cc2Cn2ccnc2)c(Cl)c1. The van der Waals surface area contributed by atoms with Gasteiger partial charge in [-0.15, -0.1) is 0 Å². The van der Waals surface area contributed by atoms with Crippen LogP contribution in [0.3, 0.4) is 0 Å². The monoisotopic (exact) mass is 410 g/mol. The van der Waals surface area contributed by atoms with E-state index in [9.17, 15) is 0 Å². The largest absolute Gasteiger partial charge is 0.488 e. The van der Waals surface area contributed by atoms with Crippen LogP contribution in [0.5, 0.6) is 5.75 Å². The van der Waals surface area contributed by atoms with Crippen molar-refractivity contribution >= 4 is 39.1 Å².